The van der Waals surface area contributed by atoms with Gasteiger partial charge in [0, 0.05) is 23.7 Å². The predicted octanol–water partition coefficient (Wildman–Crippen LogP) is 5.33. The van der Waals surface area contributed by atoms with Crippen LogP contribution in [0.3, 0.4) is 0 Å². The Morgan fingerprint density at radius 2 is 1.93 bits per heavy atom. The largest absolute Gasteiger partial charge is 0.508 e. The molecule has 0 aliphatic carbocycles. The van der Waals surface area contributed by atoms with Gasteiger partial charge in [-0.3, -0.25) is 10.3 Å². The Hall–Kier alpha value is -2.53. The molecule has 5 heteroatoms. The summed E-state index contributed by atoms with van der Waals surface area (Å²) in [5.41, 5.74) is 2.63. The maximum atomic E-state index is 10.4. The number of nitrogens with zero attached hydrogens (tertiary/aromatic N) is 1. The Balaban J connectivity index is 1.65. The lowest BCUT2D eigenvalue weighted by molar-refractivity contribution is 0.174. The van der Waals surface area contributed by atoms with Gasteiger partial charge in [0.1, 0.15) is 11.4 Å². The summed E-state index contributed by atoms with van der Waals surface area (Å²) in [6.07, 6.45) is 6.48. The fourth-order valence-corrected chi connectivity index (χ4v) is 4.25. The molecule has 0 fully saturated rings. The molecule has 154 valence electrons. The third kappa shape index (κ3) is 4.40. The average Bonchev–Trinajstić information content (AvgIpc) is 3.19. The Kier molecular flexibility index (Phi) is 5.76. The minimum atomic E-state index is -0.370. The second kappa shape index (κ2) is 8.46. The second-order valence-corrected chi connectivity index (χ2v) is 8.17. The molecule has 2 heterocycles. The van der Waals surface area contributed by atoms with E-state index in [0.717, 1.165) is 41.2 Å². The SMILES string of the molecule is CCCCCCC1(C)N=C(c2ccc3c(c2)OCO3)CC(c2ccccc2O)N1. The fourth-order valence-electron chi connectivity index (χ4n) is 4.25. The van der Waals surface area contributed by atoms with Crippen molar-refractivity contribution in [2.75, 3.05) is 6.79 Å². The van der Waals surface area contributed by atoms with E-state index in [0.29, 0.717) is 12.2 Å². The smallest absolute Gasteiger partial charge is 0.231 e. The molecule has 2 unspecified atom stereocenters. The summed E-state index contributed by atoms with van der Waals surface area (Å²) in [4.78, 5) is 5.14. The average molecular weight is 395 g/mol. The summed E-state index contributed by atoms with van der Waals surface area (Å²) in [6, 6.07) is 13.6. The van der Waals surface area contributed by atoms with Gasteiger partial charge in [-0.2, -0.15) is 0 Å². The molecule has 0 saturated carbocycles. The van der Waals surface area contributed by atoms with Crippen LogP contribution in [0.15, 0.2) is 47.5 Å². The minimum absolute atomic E-state index is 0.00491. The number of nitrogens with one attached hydrogen (secondary N) is 1. The lowest BCUT2D eigenvalue weighted by atomic mass is 9.90. The molecular weight excluding hydrogens is 364 g/mol. The van der Waals surface area contributed by atoms with E-state index in [9.17, 15) is 5.11 Å². The summed E-state index contributed by atoms with van der Waals surface area (Å²) in [6.45, 7) is 4.66. The molecule has 0 radical (unpaired) electrons. The van der Waals surface area contributed by atoms with Gasteiger partial charge in [-0.25, -0.2) is 0 Å². The predicted molar refractivity (Wildman–Crippen MR) is 115 cm³/mol. The standard InChI is InChI=1S/C24H30N2O3/c1-3-4-5-8-13-24(2)25-19(17-11-12-22-23(14-17)29-16-28-22)15-20(26-24)18-9-6-7-10-21(18)27/h6-7,9-12,14,20,26-27H,3-5,8,13,15-16H2,1-2H3. The van der Waals surface area contributed by atoms with Crippen molar-refractivity contribution >= 4 is 5.71 Å². The highest BCUT2D eigenvalue weighted by molar-refractivity contribution is 6.02. The molecule has 5 nitrogen and oxygen atoms in total. The number of aliphatic imine (C=N–C) groups is 1. The molecule has 0 saturated heterocycles. The summed E-state index contributed by atoms with van der Waals surface area (Å²) >= 11 is 0. The number of phenolic OH excluding ortho intramolecular Hbond substituents is 1. The van der Waals surface area contributed by atoms with Crippen LogP contribution in [-0.4, -0.2) is 23.3 Å². The number of hydrogen-bond donors (Lipinski definition) is 2. The first-order chi connectivity index (χ1) is 14.1. The lowest BCUT2D eigenvalue weighted by Gasteiger charge is -2.38. The van der Waals surface area contributed by atoms with Gasteiger partial charge in [-0.15, -0.1) is 0 Å². The molecule has 0 amide bonds. The lowest BCUT2D eigenvalue weighted by Crippen LogP contribution is -2.47. The third-order valence-corrected chi connectivity index (χ3v) is 5.80. The van der Waals surface area contributed by atoms with E-state index in [1.165, 1.54) is 19.3 Å². The molecule has 4 rings (SSSR count). The van der Waals surface area contributed by atoms with E-state index in [1.54, 1.807) is 6.07 Å². The second-order valence-electron chi connectivity index (χ2n) is 8.17. The van der Waals surface area contributed by atoms with Gasteiger partial charge < -0.3 is 14.6 Å². The molecule has 0 spiro atoms. The summed E-state index contributed by atoms with van der Waals surface area (Å²) < 4.78 is 11.0. The molecule has 0 bridgehead atoms. The maximum absolute atomic E-state index is 10.4. The molecule has 2 aliphatic rings. The van der Waals surface area contributed by atoms with Crippen LogP contribution in [0.1, 0.15) is 69.5 Å². The highest BCUT2D eigenvalue weighted by Crippen LogP contribution is 2.37. The fraction of sp³-hybridized carbons (Fsp3) is 0.458. The molecule has 2 aliphatic heterocycles. The molecule has 29 heavy (non-hydrogen) atoms. The molecule has 0 aromatic heterocycles. The first-order valence-corrected chi connectivity index (χ1v) is 10.6. The highest BCUT2D eigenvalue weighted by Gasteiger charge is 2.34. The number of ether oxygens (including phenoxy) is 2. The van der Waals surface area contributed by atoms with Crippen LogP contribution >= 0.6 is 0 Å². The van der Waals surface area contributed by atoms with Crippen LogP contribution < -0.4 is 14.8 Å². The van der Waals surface area contributed by atoms with E-state index in [1.807, 2.05) is 30.3 Å². The highest BCUT2D eigenvalue weighted by atomic mass is 16.7. The van der Waals surface area contributed by atoms with E-state index in [2.05, 4.69) is 25.2 Å². The number of rotatable bonds is 7. The number of benzene rings is 2. The van der Waals surface area contributed by atoms with Crippen molar-refractivity contribution in [1.29, 1.82) is 0 Å². The first kappa shape index (κ1) is 19.8. The van der Waals surface area contributed by atoms with Gasteiger partial charge in [-0.05, 0) is 49.6 Å². The Morgan fingerprint density at radius 3 is 2.76 bits per heavy atom. The van der Waals surface area contributed by atoms with E-state index < -0.39 is 0 Å². The van der Waals surface area contributed by atoms with Crippen molar-refractivity contribution in [3.05, 3.63) is 53.6 Å². The van der Waals surface area contributed by atoms with Crippen LogP contribution in [0, 0.1) is 0 Å². The monoisotopic (exact) mass is 394 g/mol. The minimum Gasteiger partial charge on any atom is -0.508 e. The first-order valence-electron chi connectivity index (χ1n) is 10.6. The summed E-state index contributed by atoms with van der Waals surface area (Å²) in [5, 5.41) is 14.2. The number of para-hydroxylation sites is 1. The van der Waals surface area contributed by atoms with E-state index in [-0.39, 0.29) is 18.5 Å². The number of phenols is 1. The van der Waals surface area contributed by atoms with Crippen molar-refractivity contribution in [1.82, 2.24) is 5.32 Å². The topological polar surface area (TPSA) is 63.1 Å². The molecular formula is C24H30N2O3. The molecule has 2 N–H and O–H groups in total. The van der Waals surface area contributed by atoms with Gasteiger partial charge in [0.2, 0.25) is 6.79 Å². The van der Waals surface area contributed by atoms with Crippen molar-refractivity contribution in [2.24, 2.45) is 4.99 Å². The van der Waals surface area contributed by atoms with Crippen molar-refractivity contribution in [2.45, 2.75) is 64.1 Å². The molecule has 2 aromatic carbocycles. The van der Waals surface area contributed by atoms with Gasteiger partial charge in [-0.1, -0.05) is 44.4 Å². The summed E-state index contributed by atoms with van der Waals surface area (Å²) in [5.74, 6) is 1.88. The Bertz CT molecular complexity index is 895. The molecule has 2 atom stereocenters. The zero-order chi connectivity index (χ0) is 20.3. The van der Waals surface area contributed by atoms with E-state index >= 15 is 0 Å². The van der Waals surface area contributed by atoms with Gasteiger partial charge in [0.05, 0.1) is 0 Å². The third-order valence-electron chi connectivity index (χ3n) is 5.80. The number of fused-ring (bicyclic) bond motifs is 1. The molecule has 2 aromatic rings. The number of aromatic hydroxyl groups is 1. The van der Waals surface area contributed by atoms with Crippen molar-refractivity contribution in [3.8, 4) is 17.2 Å². The zero-order valence-corrected chi connectivity index (χ0v) is 17.3. The Labute approximate surface area is 172 Å². The number of unbranched alkanes of at least 4 members (excludes halogenated alkanes) is 3. The normalized spacial score (nSPS) is 23.1. The van der Waals surface area contributed by atoms with Gasteiger partial charge in [0.15, 0.2) is 11.5 Å². The zero-order valence-electron chi connectivity index (χ0n) is 17.3. The van der Waals surface area contributed by atoms with Crippen molar-refractivity contribution < 1.29 is 14.6 Å². The van der Waals surface area contributed by atoms with Crippen LogP contribution in [0.2, 0.25) is 0 Å². The number of hydrogen-bond acceptors (Lipinski definition) is 5. The van der Waals surface area contributed by atoms with Crippen LogP contribution in [0.25, 0.3) is 0 Å². The quantitative estimate of drug-likeness (QED) is 0.623. The van der Waals surface area contributed by atoms with Gasteiger partial charge >= 0.3 is 0 Å². The van der Waals surface area contributed by atoms with Crippen molar-refractivity contribution in [3.63, 3.8) is 0 Å². The Morgan fingerprint density at radius 1 is 1.10 bits per heavy atom. The van der Waals surface area contributed by atoms with Crippen LogP contribution in [-0.2, 0) is 0 Å². The van der Waals surface area contributed by atoms with Gasteiger partial charge in [0.25, 0.3) is 0 Å². The maximum Gasteiger partial charge on any atom is 0.231 e. The van der Waals surface area contributed by atoms with Crippen LogP contribution in [0.4, 0.5) is 0 Å². The van der Waals surface area contributed by atoms with E-state index in [4.69, 9.17) is 14.5 Å². The van der Waals surface area contributed by atoms with Crippen LogP contribution in [0.5, 0.6) is 17.2 Å². The summed E-state index contributed by atoms with van der Waals surface area (Å²) in [7, 11) is 0.